The Morgan fingerprint density at radius 1 is 1.56 bits per heavy atom. The second-order valence-corrected chi connectivity index (χ2v) is 1.95. The minimum absolute atomic E-state index is 0.0278. The monoisotopic (exact) mass is 128 g/mol. The normalized spacial score (nSPS) is 13.8. The van der Waals surface area contributed by atoms with Crippen molar-refractivity contribution in [2.45, 2.75) is 20.0 Å². The lowest BCUT2D eigenvalue weighted by Gasteiger charge is -2.22. The molecule has 0 aromatic heterocycles. The van der Waals surface area contributed by atoms with Crippen molar-refractivity contribution >= 4 is 0 Å². The van der Waals surface area contributed by atoms with Gasteiger partial charge in [0.05, 0.1) is 6.17 Å². The predicted molar refractivity (Wildman–Crippen MR) is 41.1 cm³/mol. The van der Waals surface area contributed by atoms with Crippen LogP contribution in [-0.2, 0) is 0 Å². The predicted octanol–water partition coefficient (Wildman–Crippen LogP) is 0.799. The lowest BCUT2D eigenvalue weighted by Crippen LogP contribution is -2.39. The van der Waals surface area contributed by atoms with Gasteiger partial charge in [-0.15, -0.1) is 6.58 Å². The number of nitrogens with two attached hydrogens (primary N) is 1. The van der Waals surface area contributed by atoms with Crippen LogP contribution in [0.25, 0.3) is 0 Å². The zero-order chi connectivity index (χ0) is 7.28. The molecule has 9 heavy (non-hydrogen) atoms. The van der Waals surface area contributed by atoms with Gasteiger partial charge in [0.2, 0.25) is 0 Å². The first-order chi connectivity index (χ1) is 4.26. The lowest BCUT2D eigenvalue weighted by molar-refractivity contribution is 0.259. The van der Waals surface area contributed by atoms with Gasteiger partial charge in [-0.1, -0.05) is 19.9 Å². The largest absolute Gasteiger partial charge is 0.312 e. The molecule has 2 nitrogen and oxygen atoms in total. The fourth-order valence-corrected chi connectivity index (χ4v) is 0.794. The summed E-state index contributed by atoms with van der Waals surface area (Å²) in [6.45, 7) is 9.77. The summed E-state index contributed by atoms with van der Waals surface area (Å²) in [7, 11) is 0. The molecular weight excluding hydrogens is 112 g/mol. The molecule has 0 aromatic carbocycles. The molecule has 1 atom stereocenters. The van der Waals surface area contributed by atoms with Gasteiger partial charge in [-0.3, -0.25) is 4.90 Å². The van der Waals surface area contributed by atoms with E-state index in [4.69, 9.17) is 5.73 Å². The Labute approximate surface area is 57.3 Å². The van der Waals surface area contributed by atoms with Crippen molar-refractivity contribution in [2.24, 2.45) is 5.73 Å². The van der Waals surface area contributed by atoms with E-state index in [1.165, 1.54) is 0 Å². The Bertz CT molecular complexity index is 77.0. The average molecular weight is 128 g/mol. The highest BCUT2D eigenvalue weighted by atomic mass is 15.2. The molecule has 54 valence electrons. The standard InChI is InChI=1S/C7H16N2/c1-4-7(8)9(5-2)6-3/h4,7H,1,5-6,8H2,2-3H3. The van der Waals surface area contributed by atoms with Crippen LogP contribution in [-0.4, -0.2) is 24.2 Å². The SMILES string of the molecule is C=CC(N)N(CC)CC. The first-order valence-electron chi connectivity index (χ1n) is 3.38. The molecule has 0 fully saturated rings. The van der Waals surface area contributed by atoms with Crippen LogP contribution in [0.4, 0.5) is 0 Å². The van der Waals surface area contributed by atoms with Crippen LogP contribution in [0.15, 0.2) is 12.7 Å². The highest BCUT2D eigenvalue weighted by Crippen LogP contribution is 1.91. The zero-order valence-electron chi connectivity index (χ0n) is 6.30. The molecule has 1 unspecified atom stereocenters. The average Bonchev–Trinajstić information content (AvgIpc) is 1.90. The Morgan fingerprint density at radius 3 is 2.11 bits per heavy atom. The van der Waals surface area contributed by atoms with Gasteiger partial charge >= 0.3 is 0 Å². The maximum absolute atomic E-state index is 5.65. The third-order valence-electron chi connectivity index (χ3n) is 1.48. The summed E-state index contributed by atoms with van der Waals surface area (Å²) < 4.78 is 0. The van der Waals surface area contributed by atoms with E-state index in [0.717, 1.165) is 13.1 Å². The molecule has 0 heterocycles. The number of rotatable bonds is 4. The molecule has 0 spiro atoms. The molecule has 0 aliphatic rings. The summed E-state index contributed by atoms with van der Waals surface area (Å²) in [5.74, 6) is 0. The third kappa shape index (κ3) is 2.63. The van der Waals surface area contributed by atoms with Crippen molar-refractivity contribution in [1.29, 1.82) is 0 Å². The van der Waals surface area contributed by atoms with Crippen LogP contribution in [0.3, 0.4) is 0 Å². The number of hydrogen-bond donors (Lipinski definition) is 1. The summed E-state index contributed by atoms with van der Waals surface area (Å²) in [5.41, 5.74) is 5.65. The van der Waals surface area contributed by atoms with Crippen LogP contribution < -0.4 is 5.73 Å². The molecule has 0 aliphatic heterocycles. The first kappa shape index (κ1) is 8.66. The van der Waals surface area contributed by atoms with Crippen molar-refractivity contribution in [2.75, 3.05) is 13.1 Å². The number of likely N-dealkylation sites (N-methyl/N-ethyl adjacent to an activating group) is 1. The zero-order valence-corrected chi connectivity index (χ0v) is 6.30. The Balaban J connectivity index is 3.63. The van der Waals surface area contributed by atoms with E-state index in [0.29, 0.717) is 0 Å². The molecule has 0 saturated carbocycles. The fraction of sp³-hybridized carbons (Fsp3) is 0.714. The Morgan fingerprint density at radius 2 is 2.00 bits per heavy atom. The number of nitrogens with zero attached hydrogens (tertiary/aromatic N) is 1. The van der Waals surface area contributed by atoms with Crippen LogP contribution >= 0.6 is 0 Å². The van der Waals surface area contributed by atoms with Gasteiger partial charge in [0.25, 0.3) is 0 Å². The van der Waals surface area contributed by atoms with E-state index in [1.54, 1.807) is 6.08 Å². The smallest absolute Gasteiger partial charge is 0.0761 e. The minimum atomic E-state index is 0.0278. The molecule has 0 amide bonds. The van der Waals surface area contributed by atoms with E-state index in [1.807, 2.05) is 0 Å². The summed E-state index contributed by atoms with van der Waals surface area (Å²) >= 11 is 0. The molecule has 0 radical (unpaired) electrons. The maximum Gasteiger partial charge on any atom is 0.0761 e. The number of hydrogen-bond acceptors (Lipinski definition) is 2. The van der Waals surface area contributed by atoms with Gasteiger partial charge in [-0.2, -0.15) is 0 Å². The second-order valence-electron chi connectivity index (χ2n) is 1.95. The summed E-state index contributed by atoms with van der Waals surface area (Å²) in [6.07, 6.45) is 1.78. The van der Waals surface area contributed by atoms with Crippen molar-refractivity contribution < 1.29 is 0 Å². The van der Waals surface area contributed by atoms with E-state index < -0.39 is 0 Å². The van der Waals surface area contributed by atoms with Crippen LogP contribution in [0, 0.1) is 0 Å². The fourth-order valence-electron chi connectivity index (χ4n) is 0.794. The van der Waals surface area contributed by atoms with E-state index in [9.17, 15) is 0 Å². The Kier molecular flexibility index (Phi) is 4.36. The summed E-state index contributed by atoms with van der Waals surface area (Å²) in [4.78, 5) is 2.13. The van der Waals surface area contributed by atoms with Crippen molar-refractivity contribution in [3.05, 3.63) is 12.7 Å². The quantitative estimate of drug-likeness (QED) is 0.448. The summed E-state index contributed by atoms with van der Waals surface area (Å²) in [6, 6.07) is 0. The van der Waals surface area contributed by atoms with Gasteiger partial charge in [-0.25, -0.2) is 0 Å². The van der Waals surface area contributed by atoms with E-state index >= 15 is 0 Å². The van der Waals surface area contributed by atoms with Gasteiger partial charge < -0.3 is 5.73 Å². The van der Waals surface area contributed by atoms with Crippen molar-refractivity contribution in [1.82, 2.24) is 4.90 Å². The van der Waals surface area contributed by atoms with E-state index in [-0.39, 0.29) is 6.17 Å². The second kappa shape index (κ2) is 4.53. The Hall–Kier alpha value is -0.340. The van der Waals surface area contributed by atoms with E-state index in [2.05, 4.69) is 25.3 Å². The van der Waals surface area contributed by atoms with Crippen molar-refractivity contribution in [3.63, 3.8) is 0 Å². The molecule has 2 heteroatoms. The third-order valence-corrected chi connectivity index (χ3v) is 1.48. The maximum atomic E-state index is 5.65. The molecule has 0 saturated heterocycles. The van der Waals surface area contributed by atoms with Gasteiger partial charge in [0, 0.05) is 0 Å². The minimum Gasteiger partial charge on any atom is -0.312 e. The molecule has 2 N–H and O–H groups in total. The van der Waals surface area contributed by atoms with Gasteiger partial charge in [-0.05, 0) is 13.1 Å². The first-order valence-corrected chi connectivity index (χ1v) is 3.38. The van der Waals surface area contributed by atoms with Crippen LogP contribution in [0.1, 0.15) is 13.8 Å². The topological polar surface area (TPSA) is 29.3 Å². The van der Waals surface area contributed by atoms with Crippen LogP contribution in [0.2, 0.25) is 0 Å². The highest BCUT2D eigenvalue weighted by molar-refractivity contribution is 4.81. The lowest BCUT2D eigenvalue weighted by atomic mass is 10.4. The summed E-state index contributed by atoms with van der Waals surface area (Å²) in [5, 5.41) is 0. The van der Waals surface area contributed by atoms with Crippen molar-refractivity contribution in [3.8, 4) is 0 Å². The molecule has 0 aliphatic carbocycles. The molecule has 0 rings (SSSR count). The van der Waals surface area contributed by atoms with Gasteiger partial charge in [0.1, 0.15) is 0 Å². The molecular formula is C7H16N2. The van der Waals surface area contributed by atoms with Crippen LogP contribution in [0.5, 0.6) is 0 Å². The molecule has 0 bridgehead atoms. The highest BCUT2D eigenvalue weighted by Gasteiger charge is 2.03. The molecule has 0 aromatic rings. The van der Waals surface area contributed by atoms with Gasteiger partial charge in [0.15, 0.2) is 0 Å².